The molecule has 1 amide bonds. The van der Waals surface area contributed by atoms with Crippen LogP contribution in [-0.2, 0) is 4.79 Å². The molecular weight excluding hydrogens is 323 g/mol. The Hall–Kier alpha value is -2.28. The van der Waals surface area contributed by atoms with Crippen LogP contribution in [0.1, 0.15) is 18.0 Å². The van der Waals surface area contributed by atoms with Gasteiger partial charge in [0.2, 0.25) is 5.91 Å². The van der Waals surface area contributed by atoms with Crippen molar-refractivity contribution in [2.24, 2.45) is 0 Å². The highest BCUT2D eigenvalue weighted by Gasteiger charge is 2.29. The molecule has 1 aliphatic rings. The van der Waals surface area contributed by atoms with Gasteiger partial charge in [-0.1, -0.05) is 42.5 Å². The molecule has 0 spiro atoms. The van der Waals surface area contributed by atoms with Crippen LogP contribution in [0, 0.1) is 5.82 Å². The fraction of sp³-hybridized carbons (Fsp3) is 0.316. The zero-order valence-electron chi connectivity index (χ0n) is 13.7. The third kappa shape index (κ3) is 4.04. The number of aliphatic hydroxyl groups excluding tert-OH is 2. The summed E-state index contributed by atoms with van der Waals surface area (Å²) in [6.07, 6.45) is -0.225. The van der Waals surface area contributed by atoms with Crippen LogP contribution in [0.2, 0.25) is 0 Å². The summed E-state index contributed by atoms with van der Waals surface area (Å²) in [7, 11) is 0. The summed E-state index contributed by atoms with van der Waals surface area (Å²) in [5.41, 5.74) is 1.72. The van der Waals surface area contributed by atoms with E-state index >= 15 is 0 Å². The Morgan fingerprint density at radius 3 is 2.64 bits per heavy atom. The number of amides is 1. The maximum Gasteiger partial charge on any atom is 0.237 e. The Labute approximate surface area is 145 Å². The second-order valence-electron chi connectivity index (χ2n) is 6.20. The van der Waals surface area contributed by atoms with Crippen LogP contribution in [-0.4, -0.2) is 41.4 Å². The average molecular weight is 344 g/mol. The normalized spacial score (nSPS) is 21.1. The second-order valence-corrected chi connectivity index (χ2v) is 6.20. The molecule has 1 aliphatic heterocycles. The first-order valence-electron chi connectivity index (χ1n) is 8.26. The predicted octanol–water partition coefficient (Wildman–Crippen LogP) is 1.37. The van der Waals surface area contributed by atoms with E-state index < -0.39 is 24.0 Å². The first-order valence-corrected chi connectivity index (χ1v) is 8.26. The zero-order valence-corrected chi connectivity index (χ0v) is 13.7. The lowest BCUT2D eigenvalue weighted by atomic mass is 10.00. The molecular formula is C19H21FN2O3. The molecule has 6 heteroatoms. The van der Waals surface area contributed by atoms with Crippen molar-refractivity contribution < 1.29 is 19.4 Å². The summed E-state index contributed by atoms with van der Waals surface area (Å²) in [5.74, 6) is -0.728. The molecule has 5 nitrogen and oxygen atoms in total. The highest BCUT2D eigenvalue weighted by Crippen LogP contribution is 2.25. The van der Waals surface area contributed by atoms with Gasteiger partial charge in [-0.3, -0.25) is 4.79 Å². The van der Waals surface area contributed by atoms with Crippen LogP contribution in [0.5, 0.6) is 0 Å². The summed E-state index contributed by atoms with van der Waals surface area (Å²) in [6, 6.07) is 12.6. The molecule has 4 N–H and O–H groups in total. The van der Waals surface area contributed by atoms with E-state index in [1.807, 2.05) is 30.3 Å². The predicted molar refractivity (Wildman–Crippen MR) is 92.2 cm³/mol. The molecule has 0 aliphatic carbocycles. The van der Waals surface area contributed by atoms with Gasteiger partial charge in [-0.25, -0.2) is 4.39 Å². The molecule has 1 saturated heterocycles. The number of halogens is 1. The van der Waals surface area contributed by atoms with Gasteiger partial charge in [0, 0.05) is 12.1 Å². The van der Waals surface area contributed by atoms with Crippen molar-refractivity contribution in [1.29, 1.82) is 0 Å². The lowest BCUT2D eigenvalue weighted by Gasteiger charge is -2.20. The van der Waals surface area contributed by atoms with Gasteiger partial charge in [0.1, 0.15) is 5.82 Å². The first-order chi connectivity index (χ1) is 12.1. The molecule has 2 aromatic rings. The molecule has 25 heavy (non-hydrogen) atoms. The Morgan fingerprint density at radius 2 is 2.04 bits per heavy atom. The van der Waals surface area contributed by atoms with Gasteiger partial charge in [-0.2, -0.15) is 0 Å². The zero-order chi connectivity index (χ0) is 17.8. The maximum atomic E-state index is 14.5. The van der Waals surface area contributed by atoms with Crippen molar-refractivity contribution >= 4 is 5.91 Å². The van der Waals surface area contributed by atoms with Gasteiger partial charge in [-0.15, -0.1) is 0 Å². The number of hydrogen-bond donors (Lipinski definition) is 4. The van der Waals surface area contributed by atoms with Crippen LogP contribution in [0.15, 0.2) is 48.5 Å². The van der Waals surface area contributed by atoms with Crippen molar-refractivity contribution in [2.75, 3.05) is 13.2 Å². The monoisotopic (exact) mass is 344 g/mol. The Kier molecular flexibility index (Phi) is 5.43. The van der Waals surface area contributed by atoms with Crippen LogP contribution < -0.4 is 10.6 Å². The summed E-state index contributed by atoms with van der Waals surface area (Å²) in [5, 5.41) is 24.7. The number of carbonyl (C=O) groups excluding carboxylic acids is 1. The Morgan fingerprint density at radius 1 is 1.28 bits per heavy atom. The van der Waals surface area contributed by atoms with E-state index in [0.717, 1.165) is 5.56 Å². The van der Waals surface area contributed by atoms with Crippen molar-refractivity contribution in [3.05, 3.63) is 59.9 Å². The minimum absolute atomic E-state index is 0.317. The smallest absolute Gasteiger partial charge is 0.237 e. The van der Waals surface area contributed by atoms with E-state index in [4.69, 9.17) is 0 Å². The number of carbonyl (C=O) groups is 1. The summed E-state index contributed by atoms with van der Waals surface area (Å²) in [6.45, 7) is 0.0212. The number of benzene rings is 2. The van der Waals surface area contributed by atoms with Gasteiger partial charge >= 0.3 is 0 Å². The molecule has 3 rings (SSSR count). The maximum absolute atomic E-state index is 14.5. The molecule has 1 heterocycles. The van der Waals surface area contributed by atoms with E-state index in [1.54, 1.807) is 12.1 Å². The highest BCUT2D eigenvalue weighted by atomic mass is 19.1. The Bertz CT molecular complexity index is 739. The van der Waals surface area contributed by atoms with Crippen LogP contribution in [0.4, 0.5) is 4.39 Å². The van der Waals surface area contributed by atoms with Crippen molar-refractivity contribution in [1.82, 2.24) is 10.6 Å². The van der Waals surface area contributed by atoms with Crippen LogP contribution >= 0.6 is 0 Å². The van der Waals surface area contributed by atoms with Gasteiger partial charge in [0.15, 0.2) is 0 Å². The van der Waals surface area contributed by atoms with E-state index in [9.17, 15) is 19.4 Å². The van der Waals surface area contributed by atoms with Gasteiger partial charge in [-0.05, 0) is 23.6 Å². The van der Waals surface area contributed by atoms with E-state index in [0.29, 0.717) is 24.1 Å². The van der Waals surface area contributed by atoms with Crippen LogP contribution in [0.25, 0.3) is 11.1 Å². The van der Waals surface area contributed by atoms with Crippen molar-refractivity contribution in [3.8, 4) is 11.1 Å². The highest BCUT2D eigenvalue weighted by molar-refractivity contribution is 5.82. The molecule has 0 unspecified atom stereocenters. The third-order valence-corrected chi connectivity index (χ3v) is 4.40. The van der Waals surface area contributed by atoms with Gasteiger partial charge in [0.05, 0.1) is 24.8 Å². The number of aliphatic hydroxyl groups is 2. The third-order valence-electron chi connectivity index (χ3n) is 4.40. The molecule has 0 aromatic heterocycles. The van der Waals surface area contributed by atoms with Crippen LogP contribution in [0.3, 0.4) is 0 Å². The SMILES string of the molecule is O=C(N[C@@H](CO)c1ccc(-c2ccccc2)c(F)c1)[C@@H]1C[C@@H](O)CN1. The largest absolute Gasteiger partial charge is 0.394 e. The molecule has 132 valence electrons. The molecule has 1 fully saturated rings. The lowest BCUT2D eigenvalue weighted by Crippen LogP contribution is -2.43. The molecule has 3 atom stereocenters. The molecule has 0 bridgehead atoms. The van der Waals surface area contributed by atoms with Gasteiger partial charge < -0.3 is 20.8 Å². The average Bonchev–Trinajstić information content (AvgIpc) is 3.06. The minimum atomic E-state index is -0.702. The second kappa shape index (κ2) is 7.74. The summed E-state index contributed by atoms with van der Waals surface area (Å²) < 4.78 is 14.5. The van der Waals surface area contributed by atoms with Crippen molar-refractivity contribution in [3.63, 3.8) is 0 Å². The summed E-state index contributed by atoms with van der Waals surface area (Å²) in [4.78, 5) is 12.2. The lowest BCUT2D eigenvalue weighted by molar-refractivity contribution is -0.124. The first kappa shape index (κ1) is 17.5. The van der Waals surface area contributed by atoms with Gasteiger partial charge in [0.25, 0.3) is 0 Å². The fourth-order valence-electron chi connectivity index (χ4n) is 3.02. The van der Waals surface area contributed by atoms with E-state index in [-0.39, 0.29) is 12.5 Å². The number of hydrogen-bond acceptors (Lipinski definition) is 4. The molecule has 0 radical (unpaired) electrons. The molecule has 0 saturated carbocycles. The number of rotatable bonds is 5. The molecule has 2 aromatic carbocycles. The van der Waals surface area contributed by atoms with E-state index in [2.05, 4.69) is 10.6 Å². The summed E-state index contributed by atoms with van der Waals surface area (Å²) >= 11 is 0. The fourth-order valence-corrected chi connectivity index (χ4v) is 3.02. The van der Waals surface area contributed by atoms with Crippen molar-refractivity contribution in [2.45, 2.75) is 24.6 Å². The quantitative estimate of drug-likeness (QED) is 0.660. The Balaban J connectivity index is 1.75. The number of nitrogens with one attached hydrogen (secondary N) is 2. The minimum Gasteiger partial charge on any atom is -0.394 e. The van der Waals surface area contributed by atoms with E-state index in [1.165, 1.54) is 6.07 Å². The number of β-amino-alcohol motifs (C(OH)–C–C–N with tert-alkyl or cyclic N) is 1. The standard InChI is InChI=1S/C19H21FN2O3/c20-16-8-13(6-7-15(16)12-4-2-1-3-5-12)18(11-23)22-19(25)17-9-14(24)10-21-17/h1-8,14,17-18,21,23-24H,9-11H2,(H,22,25)/t14-,17+,18+/m1/s1. The topological polar surface area (TPSA) is 81.6 Å².